The second-order valence-electron chi connectivity index (χ2n) is 6.42. The van der Waals surface area contributed by atoms with E-state index >= 15 is 0 Å². The number of aromatic nitrogens is 2. The first-order valence-corrected chi connectivity index (χ1v) is 9.94. The Labute approximate surface area is 172 Å². The van der Waals surface area contributed by atoms with Crippen molar-refractivity contribution >= 4 is 39.9 Å². The zero-order chi connectivity index (χ0) is 20.1. The maximum atomic E-state index is 12.7. The standard InChI is InChI=1S/C20H19ClN4O2S/c1-12(2)17(24-18(26)13-7-3-4-8-14(13)21)19(27)25-20-23-16(11-28-20)15-9-5-6-10-22-15/h3-12,17H,1-2H3,(H,24,26)(H,23,25,27)/t17-/m1/s1. The van der Waals surface area contributed by atoms with Gasteiger partial charge in [-0.3, -0.25) is 14.6 Å². The van der Waals surface area contributed by atoms with Crippen molar-refractivity contribution in [2.45, 2.75) is 19.9 Å². The number of nitrogens with one attached hydrogen (secondary N) is 2. The molecular formula is C20H19ClN4O2S. The molecule has 0 spiro atoms. The van der Waals surface area contributed by atoms with Gasteiger partial charge in [-0.1, -0.05) is 43.6 Å². The molecule has 0 bridgehead atoms. The summed E-state index contributed by atoms with van der Waals surface area (Å²) in [4.78, 5) is 33.9. The Kier molecular flexibility index (Phi) is 6.38. The van der Waals surface area contributed by atoms with E-state index in [1.54, 1.807) is 30.5 Å². The second kappa shape index (κ2) is 8.95. The molecule has 0 aliphatic heterocycles. The Balaban J connectivity index is 1.71. The number of carbonyl (C=O) groups is 2. The molecule has 144 valence electrons. The van der Waals surface area contributed by atoms with Crippen molar-refractivity contribution in [3.63, 3.8) is 0 Å². The van der Waals surface area contributed by atoms with E-state index in [0.29, 0.717) is 21.4 Å². The normalized spacial score (nSPS) is 11.9. The molecule has 28 heavy (non-hydrogen) atoms. The Bertz CT molecular complexity index is 975. The van der Waals surface area contributed by atoms with Crippen molar-refractivity contribution in [3.05, 3.63) is 64.6 Å². The highest BCUT2D eigenvalue weighted by atomic mass is 35.5. The Morgan fingerprint density at radius 3 is 2.50 bits per heavy atom. The smallest absolute Gasteiger partial charge is 0.253 e. The molecule has 2 aromatic heterocycles. The number of rotatable bonds is 6. The first kappa shape index (κ1) is 20.0. The maximum Gasteiger partial charge on any atom is 0.253 e. The number of anilines is 1. The molecule has 3 rings (SSSR count). The van der Waals surface area contributed by atoms with Gasteiger partial charge in [-0.2, -0.15) is 0 Å². The minimum absolute atomic E-state index is 0.123. The van der Waals surface area contributed by atoms with Gasteiger partial charge in [0.1, 0.15) is 11.7 Å². The summed E-state index contributed by atoms with van der Waals surface area (Å²) < 4.78 is 0. The van der Waals surface area contributed by atoms with Gasteiger partial charge in [-0.25, -0.2) is 4.98 Å². The lowest BCUT2D eigenvalue weighted by atomic mass is 10.0. The first-order valence-electron chi connectivity index (χ1n) is 8.69. The van der Waals surface area contributed by atoms with Crippen LogP contribution in [0.5, 0.6) is 0 Å². The fourth-order valence-electron chi connectivity index (χ4n) is 2.55. The third-order valence-corrected chi connectivity index (χ3v) is 5.10. The van der Waals surface area contributed by atoms with Crippen molar-refractivity contribution in [1.29, 1.82) is 0 Å². The maximum absolute atomic E-state index is 12.7. The van der Waals surface area contributed by atoms with Gasteiger partial charge in [0.15, 0.2) is 5.13 Å². The molecule has 0 fully saturated rings. The predicted molar refractivity (Wildman–Crippen MR) is 112 cm³/mol. The molecule has 2 N–H and O–H groups in total. The van der Waals surface area contributed by atoms with Crippen LogP contribution in [-0.2, 0) is 4.79 Å². The topological polar surface area (TPSA) is 84.0 Å². The molecule has 2 amide bonds. The zero-order valence-electron chi connectivity index (χ0n) is 15.3. The van der Waals surface area contributed by atoms with Gasteiger partial charge in [0.05, 0.1) is 16.3 Å². The number of hydrogen-bond donors (Lipinski definition) is 2. The number of amides is 2. The highest BCUT2D eigenvalue weighted by Gasteiger charge is 2.26. The first-order chi connectivity index (χ1) is 13.5. The Morgan fingerprint density at radius 1 is 1.07 bits per heavy atom. The third-order valence-electron chi connectivity index (χ3n) is 4.02. The molecule has 3 aromatic rings. The summed E-state index contributed by atoms with van der Waals surface area (Å²) in [6, 6.07) is 11.5. The highest BCUT2D eigenvalue weighted by Crippen LogP contribution is 2.23. The SMILES string of the molecule is CC(C)[C@@H](NC(=O)c1ccccc1Cl)C(=O)Nc1nc(-c2ccccn2)cs1. The number of pyridine rings is 1. The largest absolute Gasteiger partial charge is 0.340 e. The van der Waals surface area contributed by atoms with Crippen LogP contribution in [0.4, 0.5) is 5.13 Å². The second-order valence-corrected chi connectivity index (χ2v) is 7.68. The minimum atomic E-state index is -0.731. The molecule has 0 unspecified atom stereocenters. The quantitative estimate of drug-likeness (QED) is 0.631. The summed E-state index contributed by atoms with van der Waals surface area (Å²) in [7, 11) is 0. The molecule has 0 radical (unpaired) electrons. The lowest BCUT2D eigenvalue weighted by molar-refractivity contribution is -0.118. The van der Waals surface area contributed by atoms with E-state index in [4.69, 9.17) is 11.6 Å². The van der Waals surface area contributed by atoms with Crippen LogP contribution in [0, 0.1) is 5.92 Å². The van der Waals surface area contributed by atoms with E-state index in [1.165, 1.54) is 11.3 Å². The fraction of sp³-hybridized carbons (Fsp3) is 0.200. The molecule has 1 atom stereocenters. The lowest BCUT2D eigenvalue weighted by Gasteiger charge is -2.21. The van der Waals surface area contributed by atoms with Crippen molar-refractivity contribution in [2.75, 3.05) is 5.32 Å². The molecule has 1 aromatic carbocycles. The van der Waals surface area contributed by atoms with Crippen LogP contribution in [0.25, 0.3) is 11.4 Å². The minimum Gasteiger partial charge on any atom is -0.340 e. The number of thiazole rings is 1. The highest BCUT2D eigenvalue weighted by molar-refractivity contribution is 7.14. The fourth-order valence-corrected chi connectivity index (χ4v) is 3.47. The van der Waals surface area contributed by atoms with E-state index in [2.05, 4.69) is 20.6 Å². The van der Waals surface area contributed by atoms with Crippen LogP contribution >= 0.6 is 22.9 Å². The monoisotopic (exact) mass is 414 g/mol. The summed E-state index contributed by atoms with van der Waals surface area (Å²) in [5.74, 6) is -0.855. The molecule has 0 aliphatic rings. The molecule has 0 saturated heterocycles. The molecular weight excluding hydrogens is 396 g/mol. The van der Waals surface area contributed by atoms with E-state index in [9.17, 15) is 9.59 Å². The Hall–Kier alpha value is -2.77. The van der Waals surface area contributed by atoms with Gasteiger partial charge in [0.2, 0.25) is 5.91 Å². The summed E-state index contributed by atoms with van der Waals surface area (Å²) in [6.07, 6.45) is 1.69. The van der Waals surface area contributed by atoms with Crippen LogP contribution in [0.2, 0.25) is 5.02 Å². The van der Waals surface area contributed by atoms with Crippen LogP contribution in [-0.4, -0.2) is 27.8 Å². The molecule has 0 saturated carbocycles. The summed E-state index contributed by atoms with van der Waals surface area (Å²) in [5, 5.41) is 8.15. The number of benzene rings is 1. The van der Waals surface area contributed by atoms with Gasteiger partial charge >= 0.3 is 0 Å². The van der Waals surface area contributed by atoms with Gasteiger partial charge in [-0.15, -0.1) is 11.3 Å². The summed E-state index contributed by atoms with van der Waals surface area (Å²) in [5.41, 5.74) is 1.74. The van der Waals surface area contributed by atoms with Gasteiger partial charge in [-0.05, 0) is 30.2 Å². The molecule has 0 aliphatic carbocycles. The van der Waals surface area contributed by atoms with Crippen LogP contribution in [0.15, 0.2) is 54.0 Å². The van der Waals surface area contributed by atoms with E-state index < -0.39 is 11.9 Å². The van der Waals surface area contributed by atoms with E-state index in [-0.39, 0.29) is 11.8 Å². The van der Waals surface area contributed by atoms with Crippen molar-refractivity contribution in [3.8, 4) is 11.4 Å². The third kappa shape index (κ3) is 4.74. The zero-order valence-corrected chi connectivity index (χ0v) is 16.9. The van der Waals surface area contributed by atoms with E-state index in [1.807, 2.05) is 37.4 Å². The van der Waals surface area contributed by atoms with Crippen molar-refractivity contribution < 1.29 is 9.59 Å². The average Bonchev–Trinajstić information content (AvgIpc) is 3.15. The van der Waals surface area contributed by atoms with Crippen LogP contribution in [0.3, 0.4) is 0 Å². The van der Waals surface area contributed by atoms with Crippen LogP contribution in [0.1, 0.15) is 24.2 Å². The summed E-state index contributed by atoms with van der Waals surface area (Å²) in [6.45, 7) is 3.72. The molecule has 8 heteroatoms. The lowest BCUT2D eigenvalue weighted by Crippen LogP contribution is -2.47. The molecule has 6 nitrogen and oxygen atoms in total. The average molecular weight is 415 g/mol. The number of halogens is 1. The van der Waals surface area contributed by atoms with Crippen LogP contribution < -0.4 is 10.6 Å². The Morgan fingerprint density at radius 2 is 1.82 bits per heavy atom. The van der Waals surface area contributed by atoms with Gasteiger partial charge < -0.3 is 10.6 Å². The van der Waals surface area contributed by atoms with Crippen molar-refractivity contribution in [1.82, 2.24) is 15.3 Å². The number of hydrogen-bond acceptors (Lipinski definition) is 5. The number of carbonyl (C=O) groups excluding carboxylic acids is 2. The molecule has 2 heterocycles. The summed E-state index contributed by atoms with van der Waals surface area (Å²) >= 11 is 7.38. The predicted octanol–water partition coefficient (Wildman–Crippen LogP) is 4.25. The van der Waals surface area contributed by atoms with Gasteiger partial charge in [0, 0.05) is 11.6 Å². The van der Waals surface area contributed by atoms with E-state index in [0.717, 1.165) is 5.69 Å². The van der Waals surface area contributed by atoms with Gasteiger partial charge in [0.25, 0.3) is 5.91 Å². The van der Waals surface area contributed by atoms with Crippen molar-refractivity contribution in [2.24, 2.45) is 5.92 Å². The number of nitrogens with zero attached hydrogens (tertiary/aromatic N) is 2.